The molecule has 4 rings (SSSR count). The van der Waals surface area contributed by atoms with Gasteiger partial charge in [-0.1, -0.05) is 11.6 Å². The molecule has 0 radical (unpaired) electrons. The molecule has 1 aromatic carbocycles. The van der Waals surface area contributed by atoms with Gasteiger partial charge in [0.2, 0.25) is 5.91 Å². The van der Waals surface area contributed by atoms with Gasteiger partial charge in [-0.15, -0.1) is 0 Å². The zero-order valence-electron chi connectivity index (χ0n) is 14.9. The molecule has 0 unspecified atom stereocenters. The lowest BCUT2D eigenvalue weighted by Gasteiger charge is -2.25. The summed E-state index contributed by atoms with van der Waals surface area (Å²) in [4.78, 5) is 13.8. The van der Waals surface area contributed by atoms with Gasteiger partial charge in [-0.05, 0) is 43.9 Å². The molecule has 138 valence electrons. The zero-order valence-corrected chi connectivity index (χ0v) is 15.6. The van der Waals surface area contributed by atoms with Gasteiger partial charge < -0.3 is 10.1 Å². The number of carbonyl (C=O) groups excluding carboxylic acids is 1. The summed E-state index contributed by atoms with van der Waals surface area (Å²) in [6.45, 7) is 5.10. The van der Waals surface area contributed by atoms with E-state index in [-0.39, 0.29) is 5.91 Å². The molecule has 1 amide bonds. The summed E-state index contributed by atoms with van der Waals surface area (Å²) in [5.74, 6) is 2.31. The summed E-state index contributed by atoms with van der Waals surface area (Å²) in [7, 11) is 0. The van der Waals surface area contributed by atoms with Crippen LogP contribution in [0.15, 0.2) is 24.3 Å². The van der Waals surface area contributed by atoms with E-state index in [1.54, 1.807) is 4.90 Å². The fraction of sp³-hybridized carbons (Fsp3) is 0.474. The van der Waals surface area contributed by atoms with Gasteiger partial charge in [-0.2, -0.15) is 5.10 Å². The van der Waals surface area contributed by atoms with Gasteiger partial charge in [-0.3, -0.25) is 14.4 Å². The summed E-state index contributed by atoms with van der Waals surface area (Å²) in [6.07, 6.45) is 2.51. The molecule has 2 aromatic rings. The van der Waals surface area contributed by atoms with Gasteiger partial charge >= 0.3 is 0 Å². The number of halogens is 1. The molecule has 2 heterocycles. The number of carbonyl (C=O) groups is 1. The predicted octanol–water partition coefficient (Wildman–Crippen LogP) is 2.62. The molecule has 1 N–H and O–H groups in total. The van der Waals surface area contributed by atoms with Crippen molar-refractivity contribution in [1.82, 2.24) is 15.1 Å². The van der Waals surface area contributed by atoms with E-state index < -0.39 is 0 Å². The highest BCUT2D eigenvalue weighted by Crippen LogP contribution is 2.31. The summed E-state index contributed by atoms with van der Waals surface area (Å²) < 4.78 is 7.90. The minimum atomic E-state index is 0.0529. The van der Waals surface area contributed by atoms with Crippen LogP contribution < -0.4 is 15.0 Å². The Hall–Kier alpha value is -2.05. The first-order chi connectivity index (χ1) is 12.6. The fourth-order valence-corrected chi connectivity index (χ4v) is 3.29. The second-order valence-electron chi connectivity index (χ2n) is 7.03. The minimum absolute atomic E-state index is 0.0529. The molecule has 2 fully saturated rings. The average molecular weight is 375 g/mol. The monoisotopic (exact) mass is 374 g/mol. The van der Waals surface area contributed by atoms with Crippen molar-refractivity contribution in [2.45, 2.75) is 26.3 Å². The van der Waals surface area contributed by atoms with E-state index in [0.717, 1.165) is 30.2 Å². The number of amides is 1. The van der Waals surface area contributed by atoms with Crippen LogP contribution in [0.3, 0.4) is 0 Å². The van der Waals surface area contributed by atoms with Crippen LogP contribution in [-0.2, 0) is 11.3 Å². The van der Waals surface area contributed by atoms with Crippen molar-refractivity contribution in [1.29, 1.82) is 0 Å². The van der Waals surface area contributed by atoms with Crippen molar-refractivity contribution in [3.05, 3.63) is 40.5 Å². The van der Waals surface area contributed by atoms with E-state index in [2.05, 4.69) is 10.4 Å². The number of rotatable bonds is 6. The number of aryl methyl sites for hydroxylation is 1. The Morgan fingerprint density at radius 1 is 1.35 bits per heavy atom. The fourth-order valence-electron chi connectivity index (χ4n) is 3.10. The van der Waals surface area contributed by atoms with Crippen LogP contribution in [-0.4, -0.2) is 41.9 Å². The largest absolute Gasteiger partial charge is 0.493 e. The average Bonchev–Trinajstić information content (AvgIpc) is 3.38. The number of ether oxygens (including phenoxy) is 1. The minimum Gasteiger partial charge on any atom is -0.493 e. The second-order valence-corrected chi connectivity index (χ2v) is 7.47. The highest BCUT2D eigenvalue weighted by Gasteiger charge is 2.24. The lowest BCUT2D eigenvalue weighted by Crippen LogP contribution is -2.48. The molecule has 1 aromatic heterocycles. The second kappa shape index (κ2) is 7.29. The number of aromatic nitrogens is 2. The Kier molecular flexibility index (Phi) is 4.87. The number of benzene rings is 1. The Bertz CT molecular complexity index is 816. The van der Waals surface area contributed by atoms with Crippen molar-refractivity contribution < 1.29 is 9.53 Å². The molecule has 26 heavy (non-hydrogen) atoms. The van der Waals surface area contributed by atoms with E-state index in [9.17, 15) is 4.79 Å². The maximum absolute atomic E-state index is 12.1. The molecule has 0 spiro atoms. The smallest absolute Gasteiger partial charge is 0.242 e. The molecule has 1 aliphatic heterocycles. The van der Waals surface area contributed by atoms with E-state index in [0.29, 0.717) is 36.4 Å². The lowest BCUT2D eigenvalue weighted by atomic mass is 10.2. The number of piperazine rings is 1. The van der Waals surface area contributed by atoms with Crippen LogP contribution in [0.4, 0.5) is 5.82 Å². The number of hydrogen-bond donors (Lipinski definition) is 1. The summed E-state index contributed by atoms with van der Waals surface area (Å²) in [5.41, 5.74) is 2.00. The Morgan fingerprint density at radius 2 is 2.19 bits per heavy atom. The van der Waals surface area contributed by atoms with E-state index >= 15 is 0 Å². The SMILES string of the molecule is Cc1cc(N2CCNCC2=O)nn1Cc1cc(Cl)ccc1OCC1CC1. The van der Waals surface area contributed by atoms with E-state index in [4.69, 9.17) is 16.3 Å². The van der Waals surface area contributed by atoms with Crippen LogP contribution in [0.25, 0.3) is 0 Å². The van der Waals surface area contributed by atoms with Crippen LogP contribution in [0.2, 0.25) is 5.02 Å². The highest BCUT2D eigenvalue weighted by molar-refractivity contribution is 6.30. The molecular formula is C19H23ClN4O2. The first kappa shape index (κ1) is 17.4. The Labute approximate surface area is 158 Å². The van der Waals surface area contributed by atoms with Gasteiger partial charge in [0.15, 0.2) is 5.82 Å². The Balaban J connectivity index is 1.55. The summed E-state index contributed by atoms with van der Waals surface area (Å²) in [6, 6.07) is 7.67. The molecule has 0 bridgehead atoms. The normalized spacial score (nSPS) is 17.6. The number of nitrogens with one attached hydrogen (secondary N) is 1. The van der Waals surface area contributed by atoms with Crippen molar-refractivity contribution in [3.63, 3.8) is 0 Å². The molecule has 1 saturated heterocycles. The predicted molar refractivity (Wildman–Crippen MR) is 101 cm³/mol. The van der Waals surface area contributed by atoms with E-state index in [1.165, 1.54) is 12.8 Å². The van der Waals surface area contributed by atoms with Gasteiger partial charge in [0.1, 0.15) is 5.75 Å². The molecule has 6 nitrogen and oxygen atoms in total. The number of hydrogen-bond acceptors (Lipinski definition) is 4. The first-order valence-electron chi connectivity index (χ1n) is 9.07. The van der Waals surface area contributed by atoms with E-state index in [1.807, 2.05) is 35.9 Å². The number of nitrogens with zero attached hydrogens (tertiary/aromatic N) is 3. The van der Waals surface area contributed by atoms with Gasteiger partial charge in [0.25, 0.3) is 0 Å². The molecule has 1 aliphatic carbocycles. The van der Waals surface area contributed by atoms with Gasteiger partial charge in [0, 0.05) is 35.4 Å². The molecule has 0 atom stereocenters. The van der Waals surface area contributed by atoms with Crippen molar-refractivity contribution >= 4 is 23.3 Å². The summed E-state index contributed by atoms with van der Waals surface area (Å²) in [5, 5.41) is 8.41. The maximum Gasteiger partial charge on any atom is 0.242 e. The number of anilines is 1. The highest BCUT2D eigenvalue weighted by atomic mass is 35.5. The van der Waals surface area contributed by atoms with Gasteiger partial charge in [-0.25, -0.2) is 0 Å². The van der Waals surface area contributed by atoms with Crippen LogP contribution in [0.1, 0.15) is 24.1 Å². The van der Waals surface area contributed by atoms with Crippen molar-refractivity contribution in [3.8, 4) is 5.75 Å². The summed E-state index contributed by atoms with van der Waals surface area (Å²) >= 11 is 6.20. The molecule has 2 aliphatic rings. The Morgan fingerprint density at radius 3 is 2.96 bits per heavy atom. The van der Waals surface area contributed by atoms with Gasteiger partial charge in [0.05, 0.1) is 19.7 Å². The third-order valence-electron chi connectivity index (χ3n) is 4.85. The van der Waals surface area contributed by atoms with Crippen LogP contribution in [0.5, 0.6) is 5.75 Å². The van der Waals surface area contributed by atoms with Crippen LogP contribution >= 0.6 is 11.6 Å². The molecule has 1 saturated carbocycles. The molecular weight excluding hydrogens is 352 g/mol. The lowest BCUT2D eigenvalue weighted by molar-refractivity contribution is -0.118. The van der Waals surface area contributed by atoms with Crippen molar-refractivity contribution in [2.75, 3.05) is 31.1 Å². The third-order valence-corrected chi connectivity index (χ3v) is 5.08. The third kappa shape index (κ3) is 3.86. The first-order valence-corrected chi connectivity index (χ1v) is 9.45. The van der Waals surface area contributed by atoms with Crippen LogP contribution in [0, 0.1) is 12.8 Å². The topological polar surface area (TPSA) is 59.4 Å². The standard InChI is InChI=1S/C19H23ClN4O2/c1-13-8-18(23-7-6-21-10-19(23)25)22-24(13)11-15-9-16(20)4-5-17(15)26-12-14-2-3-14/h4-5,8-9,14,21H,2-3,6-7,10-12H2,1H3. The zero-order chi connectivity index (χ0) is 18.1. The quantitative estimate of drug-likeness (QED) is 0.844. The maximum atomic E-state index is 12.1. The molecule has 7 heteroatoms. The van der Waals surface area contributed by atoms with Crippen molar-refractivity contribution in [2.24, 2.45) is 5.92 Å².